The van der Waals surface area contributed by atoms with Crippen molar-refractivity contribution in [2.45, 2.75) is 19.9 Å². The van der Waals surface area contributed by atoms with Crippen LogP contribution in [-0.4, -0.2) is 15.0 Å². The zero-order valence-corrected chi connectivity index (χ0v) is 9.44. The summed E-state index contributed by atoms with van der Waals surface area (Å²) in [5.74, 6) is 0. The van der Waals surface area contributed by atoms with Crippen LogP contribution in [0.15, 0.2) is 30.5 Å². The molecule has 2 aromatic rings. The van der Waals surface area contributed by atoms with Crippen LogP contribution in [-0.2, 0) is 0 Å². The molecule has 0 aliphatic carbocycles. The topological polar surface area (TPSA) is 30.7 Å². The number of rotatable bonds is 2. The van der Waals surface area contributed by atoms with Crippen LogP contribution in [0.3, 0.4) is 0 Å². The fourth-order valence-corrected chi connectivity index (χ4v) is 1.50. The molecule has 0 radical (unpaired) electrons. The molecule has 1 heterocycles. The lowest BCUT2D eigenvalue weighted by Gasteiger charge is -2.01. The van der Waals surface area contributed by atoms with Gasteiger partial charge >= 0.3 is 0 Å². The van der Waals surface area contributed by atoms with Crippen molar-refractivity contribution in [3.63, 3.8) is 0 Å². The van der Waals surface area contributed by atoms with Crippen molar-refractivity contribution in [3.8, 4) is 11.3 Å². The molecule has 3 nitrogen and oxygen atoms in total. The Morgan fingerprint density at radius 1 is 1.33 bits per heavy atom. The summed E-state index contributed by atoms with van der Waals surface area (Å²) in [7, 11) is 0. The highest BCUT2D eigenvalue weighted by Gasteiger charge is 2.05. The molecule has 4 heteroatoms. The first kappa shape index (κ1) is 10.2. The van der Waals surface area contributed by atoms with E-state index in [2.05, 4.69) is 24.2 Å². The van der Waals surface area contributed by atoms with Crippen LogP contribution in [0.1, 0.15) is 19.9 Å². The molecule has 0 unspecified atom stereocenters. The Bertz CT molecular complexity index is 462. The van der Waals surface area contributed by atoms with Crippen molar-refractivity contribution < 1.29 is 0 Å². The van der Waals surface area contributed by atoms with Gasteiger partial charge in [-0.1, -0.05) is 28.9 Å². The number of aromatic nitrogens is 3. The van der Waals surface area contributed by atoms with Gasteiger partial charge in [-0.25, -0.2) is 4.68 Å². The molecule has 15 heavy (non-hydrogen) atoms. The third-order valence-electron chi connectivity index (χ3n) is 2.16. The fraction of sp³-hybridized carbons (Fsp3) is 0.273. The van der Waals surface area contributed by atoms with E-state index >= 15 is 0 Å². The molecule has 0 atom stereocenters. The van der Waals surface area contributed by atoms with E-state index in [-0.39, 0.29) is 0 Å². The summed E-state index contributed by atoms with van der Waals surface area (Å²) in [6.07, 6.45) is 1.93. The Kier molecular flexibility index (Phi) is 2.73. The van der Waals surface area contributed by atoms with Crippen LogP contribution in [0, 0.1) is 0 Å². The molecule has 0 saturated heterocycles. The lowest BCUT2D eigenvalue weighted by Crippen LogP contribution is -2.00. The largest absolute Gasteiger partial charge is 0.249 e. The number of halogens is 1. The Balaban J connectivity index is 2.37. The quantitative estimate of drug-likeness (QED) is 0.780. The number of hydrogen-bond donors (Lipinski definition) is 0. The number of hydrogen-bond acceptors (Lipinski definition) is 2. The van der Waals surface area contributed by atoms with Gasteiger partial charge in [0.2, 0.25) is 0 Å². The standard InChI is InChI=1S/C11H12ClN3/c1-8(2)15-7-11(13-14-15)9-4-3-5-10(12)6-9/h3-8H,1-2H3. The van der Waals surface area contributed by atoms with E-state index in [1.54, 1.807) is 0 Å². The Labute approximate surface area is 93.7 Å². The molecule has 0 bridgehead atoms. The van der Waals surface area contributed by atoms with Gasteiger partial charge in [0.25, 0.3) is 0 Å². The van der Waals surface area contributed by atoms with Gasteiger partial charge in [0.15, 0.2) is 0 Å². The maximum absolute atomic E-state index is 5.91. The first-order valence-corrected chi connectivity index (χ1v) is 5.22. The zero-order chi connectivity index (χ0) is 10.8. The molecular weight excluding hydrogens is 210 g/mol. The molecule has 1 aromatic carbocycles. The minimum Gasteiger partial charge on any atom is -0.249 e. The Hall–Kier alpha value is -1.35. The van der Waals surface area contributed by atoms with Gasteiger partial charge in [-0.05, 0) is 26.0 Å². The van der Waals surface area contributed by atoms with Gasteiger partial charge in [-0.2, -0.15) is 0 Å². The van der Waals surface area contributed by atoms with E-state index in [4.69, 9.17) is 11.6 Å². The van der Waals surface area contributed by atoms with Gasteiger partial charge in [0.05, 0.1) is 6.20 Å². The maximum Gasteiger partial charge on any atom is 0.113 e. The lowest BCUT2D eigenvalue weighted by atomic mass is 10.2. The van der Waals surface area contributed by atoms with Crippen molar-refractivity contribution >= 4 is 11.6 Å². The van der Waals surface area contributed by atoms with Crippen molar-refractivity contribution in [3.05, 3.63) is 35.5 Å². The summed E-state index contributed by atoms with van der Waals surface area (Å²) in [5, 5.41) is 8.86. The summed E-state index contributed by atoms with van der Waals surface area (Å²) in [6.45, 7) is 4.13. The van der Waals surface area contributed by atoms with E-state index in [9.17, 15) is 0 Å². The minimum absolute atomic E-state index is 0.324. The zero-order valence-electron chi connectivity index (χ0n) is 8.68. The molecule has 1 aromatic heterocycles. The van der Waals surface area contributed by atoms with Crippen LogP contribution in [0.4, 0.5) is 0 Å². The minimum atomic E-state index is 0.324. The van der Waals surface area contributed by atoms with Crippen molar-refractivity contribution in [1.29, 1.82) is 0 Å². The second kappa shape index (κ2) is 4.03. The molecule has 2 rings (SSSR count). The third kappa shape index (κ3) is 2.18. The molecule has 0 spiro atoms. The molecule has 0 fully saturated rings. The first-order valence-electron chi connectivity index (χ1n) is 4.84. The molecular formula is C11H12ClN3. The highest BCUT2D eigenvalue weighted by Crippen LogP contribution is 2.20. The second-order valence-corrected chi connectivity index (χ2v) is 4.12. The highest BCUT2D eigenvalue weighted by atomic mass is 35.5. The SMILES string of the molecule is CC(C)n1cc(-c2cccc(Cl)c2)nn1. The highest BCUT2D eigenvalue weighted by molar-refractivity contribution is 6.30. The molecule has 0 N–H and O–H groups in total. The fourth-order valence-electron chi connectivity index (χ4n) is 1.31. The second-order valence-electron chi connectivity index (χ2n) is 3.69. The third-order valence-corrected chi connectivity index (χ3v) is 2.39. The first-order chi connectivity index (χ1) is 7.16. The Morgan fingerprint density at radius 3 is 2.73 bits per heavy atom. The molecule has 78 valence electrons. The summed E-state index contributed by atoms with van der Waals surface area (Å²) in [6, 6.07) is 7.94. The van der Waals surface area contributed by atoms with Crippen LogP contribution in [0.2, 0.25) is 5.02 Å². The molecule has 0 saturated carbocycles. The van der Waals surface area contributed by atoms with E-state index in [1.807, 2.05) is 35.1 Å². The van der Waals surface area contributed by atoms with E-state index in [1.165, 1.54) is 0 Å². The summed E-state index contributed by atoms with van der Waals surface area (Å²) < 4.78 is 1.83. The lowest BCUT2D eigenvalue weighted by molar-refractivity contribution is 0.514. The van der Waals surface area contributed by atoms with E-state index < -0.39 is 0 Å². The predicted octanol–water partition coefficient (Wildman–Crippen LogP) is 3.18. The summed E-state index contributed by atoms with van der Waals surface area (Å²) in [5.41, 5.74) is 1.85. The smallest absolute Gasteiger partial charge is 0.113 e. The van der Waals surface area contributed by atoms with Crippen LogP contribution < -0.4 is 0 Å². The van der Waals surface area contributed by atoms with Gasteiger partial charge in [-0.3, -0.25) is 0 Å². The average molecular weight is 222 g/mol. The van der Waals surface area contributed by atoms with Crippen molar-refractivity contribution in [2.75, 3.05) is 0 Å². The van der Waals surface area contributed by atoms with Gasteiger partial charge in [-0.15, -0.1) is 5.10 Å². The molecule has 0 aliphatic heterocycles. The summed E-state index contributed by atoms with van der Waals surface area (Å²) in [4.78, 5) is 0. The molecule has 0 aliphatic rings. The van der Waals surface area contributed by atoms with Gasteiger partial charge < -0.3 is 0 Å². The average Bonchev–Trinajstić information content (AvgIpc) is 2.66. The van der Waals surface area contributed by atoms with E-state index in [0.29, 0.717) is 11.1 Å². The molecule has 0 amide bonds. The van der Waals surface area contributed by atoms with Crippen LogP contribution >= 0.6 is 11.6 Å². The monoisotopic (exact) mass is 221 g/mol. The van der Waals surface area contributed by atoms with E-state index in [0.717, 1.165) is 11.3 Å². The van der Waals surface area contributed by atoms with Crippen molar-refractivity contribution in [1.82, 2.24) is 15.0 Å². The normalized spacial score (nSPS) is 10.9. The van der Waals surface area contributed by atoms with Gasteiger partial charge in [0.1, 0.15) is 5.69 Å². The Morgan fingerprint density at radius 2 is 2.13 bits per heavy atom. The van der Waals surface area contributed by atoms with Crippen molar-refractivity contribution in [2.24, 2.45) is 0 Å². The summed E-state index contributed by atoms with van der Waals surface area (Å²) >= 11 is 5.91. The van der Waals surface area contributed by atoms with Crippen LogP contribution in [0.5, 0.6) is 0 Å². The number of benzene rings is 1. The maximum atomic E-state index is 5.91. The van der Waals surface area contributed by atoms with Gasteiger partial charge in [0, 0.05) is 16.6 Å². The van der Waals surface area contributed by atoms with Crippen LogP contribution in [0.25, 0.3) is 11.3 Å². The predicted molar refractivity (Wildman–Crippen MR) is 60.9 cm³/mol. The number of nitrogens with zero attached hydrogens (tertiary/aromatic N) is 3.